The first-order chi connectivity index (χ1) is 9.09. The van der Waals surface area contributed by atoms with E-state index in [9.17, 15) is 8.42 Å². The Morgan fingerprint density at radius 1 is 1.40 bits per heavy atom. The van der Waals surface area contributed by atoms with E-state index in [4.69, 9.17) is 14.0 Å². The van der Waals surface area contributed by atoms with E-state index in [0.29, 0.717) is 5.75 Å². The summed E-state index contributed by atoms with van der Waals surface area (Å²) in [6.07, 6.45) is -0.414. The van der Waals surface area contributed by atoms with E-state index < -0.39 is 22.0 Å². The minimum Gasteiger partial charge on any atom is -0.464 e. The van der Waals surface area contributed by atoms with Crippen LogP contribution in [0.4, 0.5) is 5.69 Å². The van der Waals surface area contributed by atoms with Crippen molar-refractivity contribution < 1.29 is 22.4 Å². The molecule has 0 amide bonds. The van der Waals surface area contributed by atoms with Crippen LogP contribution in [0.2, 0.25) is 0 Å². The van der Waals surface area contributed by atoms with E-state index in [-0.39, 0.29) is 11.8 Å². The Hall–Kier alpha value is -1.31. The van der Waals surface area contributed by atoms with Gasteiger partial charge in [-0.25, -0.2) is 0 Å². The zero-order chi connectivity index (χ0) is 15.1. The van der Waals surface area contributed by atoms with Crippen LogP contribution in [-0.4, -0.2) is 25.4 Å². The highest BCUT2D eigenvalue weighted by Crippen LogP contribution is 2.44. The molecule has 0 aromatic heterocycles. The molecule has 1 aliphatic heterocycles. The van der Waals surface area contributed by atoms with E-state index in [2.05, 4.69) is 0 Å². The highest BCUT2D eigenvalue weighted by Gasteiger charge is 2.43. The molecule has 0 fully saturated rings. The van der Waals surface area contributed by atoms with Crippen LogP contribution in [0, 0.1) is 0 Å². The molecule has 0 saturated heterocycles. The molecule has 1 aromatic rings. The van der Waals surface area contributed by atoms with Gasteiger partial charge in [-0.2, -0.15) is 8.42 Å². The van der Waals surface area contributed by atoms with Crippen LogP contribution >= 0.6 is 0 Å². The van der Waals surface area contributed by atoms with Crippen molar-refractivity contribution >= 4 is 16.0 Å². The molecule has 0 saturated carbocycles. The Bertz CT molecular complexity index is 609. The van der Waals surface area contributed by atoms with Crippen molar-refractivity contribution in [3.05, 3.63) is 23.8 Å². The topological polar surface area (TPSA) is 84.9 Å². The maximum Gasteiger partial charge on any atom is 0.357 e. The van der Waals surface area contributed by atoms with E-state index in [0.717, 1.165) is 5.56 Å². The molecule has 1 heterocycles. The van der Waals surface area contributed by atoms with E-state index in [1.807, 2.05) is 32.4 Å². The molecule has 0 bridgehead atoms. The van der Waals surface area contributed by atoms with Crippen molar-refractivity contribution in [2.75, 3.05) is 4.72 Å². The van der Waals surface area contributed by atoms with Gasteiger partial charge in [0.15, 0.2) is 0 Å². The van der Waals surface area contributed by atoms with Gasteiger partial charge in [-0.15, -0.1) is 0 Å². The van der Waals surface area contributed by atoms with Crippen LogP contribution in [0.25, 0.3) is 0 Å². The van der Waals surface area contributed by atoms with Crippen molar-refractivity contribution in [3.63, 3.8) is 0 Å². The lowest BCUT2D eigenvalue weighted by Gasteiger charge is -2.27. The zero-order valence-corrected chi connectivity index (χ0v) is 12.7. The average Bonchev–Trinajstić information content (AvgIpc) is 2.49. The van der Waals surface area contributed by atoms with Gasteiger partial charge in [0.2, 0.25) is 6.29 Å². The van der Waals surface area contributed by atoms with Gasteiger partial charge in [0.1, 0.15) is 5.75 Å². The van der Waals surface area contributed by atoms with Crippen LogP contribution in [0.5, 0.6) is 5.75 Å². The number of hydrogen-bond donors (Lipinski definition) is 2. The van der Waals surface area contributed by atoms with Crippen LogP contribution in [0.15, 0.2) is 18.2 Å². The molecule has 1 unspecified atom stereocenters. The van der Waals surface area contributed by atoms with Gasteiger partial charge in [0, 0.05) is 5.56 Å². The summed E-state index contributed by atoms with van der Waals surface area (Å²) in [6.45, 7) is 7.77. The summed E-state index contributed by atoms with van der Waals surface area (Å²) in [5.74, 6) is 0.654. The van der Waals surface area contributed by atoms with Crippen molar-refractivity contribution in [2.24, 2.45) is 0 Å². The van der Waals surface area contributed by atoms with Gasteiger partial charge >= 0.3 is 10.3 Å². The summed E-state index contributed by atoms with van der Waals surface area (Å²) in [5, 5.41) is 0. The fraction of sp³-hybridized carbons (Fsp3) is 0.538. The number of rotatable bonds is 4. The number of anilines is 1. The van der Waals surface area contributed by atoms with Gasteiger partial charge < -0.3 is 9.47 Å². The second-order valence-electron chi connectivity index (χ2n) is 5.64. The Balaban J connectivity index is 2.33. The van der Waals surface area contributed by atoms with E-state index >= 15 is 0 Å². The molecule has 0 radical (unpaired) electrons. The summed E-state index contributed by atoms with van der Waals surface area (Å²) in [7, 11) is -4.29. The number of benzene rings is 1. The first kappa shape index (κ1) is 15.1. The van der Waals surface area contributed by atoms with Crippen molar-refractivity contribution in [3.8, 4) is 5.75 Å². The predicted molar refractivity (Wildman–Crippen MR) is 75.3 cm³/mol. The molecule has 0 aliphatic carbocycles. The monoisotopic (exact) mass is 301 g/mol. The lowest BCUT2D eigenvalue weighted by atomic mass is 9.85. The van der Waals surface area contributed by atoms with Crippen molar-refractivity contribution in [1.82, 2.24) is 0 Å². The maximum absolute atomic E-state index is 10.9. The Kier molecular flexibility index (Phi) is 3.70. The fourth-order valence-corrected chi connectivity index (χ4v) is 2.61. The molecule has 2 N–H and O–H groups in total. The minimum absolute atomic E-state index is 0.0176. The Morgan fingerprint density at radius 2 is 2.05 bits per heavy atom. The first-order valence-corrected chi connectivity index (χ1v) is 7.75. The minimum atomic E-state index is -4.29. The van der Waals surface area contributed by atoms with Crippen LogP contribution in [-0.2, 0) is 20.5 Å². The van der Waals surface area contributed by atoms with Crippen molar-refractivity contribution in [1.29, 1.82) is 0 Å². The summed E-state index contributed by atoms with van der Waals surface area (Å²) >= 11 is 0. The summed E-state index contributed by atoms with van der Waals surface area (Å²) < 4.78 is 44.1. The third-order valence-corrected chi connectivity index (χ3v) is 3.63. The van der Waals surface area contributed by atoms with Gasteiger partial charge in [-0.3, -0.25) is 9.27 Å². The largest absolute Gasteiger partial charge is 0.464 e. The zero-order valence-electron chi connectivity index (χ0n) is 11.9. The summed E-state index contributed by atoms with van der Waals surface area (Å²) in [4.78, 5) is 0. The van der Waals surface area contributed by atoms with Gasteiger partial charge in [0.25, 0.3) is 0 Å². The highest BCUT2D eigenvalue weighted by atomic mass is 32.2. The molecule has 7 heteroatoms. The fourth-order valence-electron chi connectivity index (χ4n) is 2.18. The highest BCUT2D eigenvalue weighted by molar-refractivity contribution is 7.87. The van der Waals surface area contributed by atoms with Gasteiger partial charge in [0.05, 0.1) is 17.2 Å². The second-order valence-corrected chi connectivity index (χ2v) is 6.80. The molecular weight excluding hydrogens is 282 g/mol. The number of nitrogens with one attached hydrogen (secondary N) is 1. The number of ether oxygens (including phenoxy) is 2. The molecule has 2 rings (SSSR count). The van der Waals surface area contributed by atoms with Gasteiger partial charge in [-0.05, 0) is 45.9 Å². The smallest absolute Gasteiger partial charge is 0.357 e. The Labute approximate surface area is 119 Å². The lowest BCUT2D eigenvalue weighted by Crippen LogP contribution is -2.36. The van der Waals surface area contributed by atoms with Crippen LogP contribution in [0.3, 0.4) is 0 Å². The van der Waals surface area contributed by atoms with Crippen molar-refractivity contribution in [2.45, 2.75) is 45.5 Å². The molecule has 6 nitrogen and oxygen atoms in total. The first-order valence-electron chi connectivity index (χ1n) is 6.31. The third-order valence-electron chi connectivity index (χ3n) is 3.14. The second kappa shape index (κ2) is 4.91. The molecule has 0 spiro atoms. The van der Waals surface area contributed by atoms with Gasteiger partial charge in [-0.1, -0.05) is 0 Å². The van der Waals surface area contributed by atoms with E-state index in [1.165, 1.54) is 6.07 Å². The lowest BCUT2D eigenvalue weighted by molar-refractivity contribution is -0.128. The summed E-state index contributed by atoms with van der Waals surface area (Å²) in [6, 6.07) is 4.83. The molecule has 1 aromatic carbocycles. The quantitative estimate of drug-likeness (QED) is 0.834. The Morgan fingerprint density at radius 3 is 2.60 bits per heavy atom. The maximum atomic E-state index is 10.9. The van der Waals surface area contributed by atoms with Crippen LogP contribution < -0.4 is 9.46 Å². The SMILES string of the molecule is CC(C)OC1Oc2ccc(NS(=O)(=O)O)cc2C1(C)C. The average molecular weight is 301 g/mol. The molecule has 20 heavy (non-hydrogen) atoms. The third kappa shape index (κ3) is 3.05. The normalized spacial score (nSPS) is 20.6. The molecule has 112 valence electrons. The molecular formula is C13H19NO5S. The standard InChI is InChI=1S/C13H19NO5S/c1-8(2)18-12-13(3,4)10-7-9(14-20(15,16)17)5-6-11(10)19-12/h5-8,12,14H,1-4H3,(H,15,16,17). The summed E-state index contributed by atoms with van der Waals surface area (Å²) in [5.41, 5.74) is 0.696. The molecule has 1 atom stereocenters. The van der Waals surface area contributed by atoms with Crippen LogP contribution in [0.1, 0.15) is 33.3 Å². The predicted octanol–water partition coefficient (Wildman–Crippen LogP) is 2.32. The van der Waals surface area contributed by atoms with E-state index in [1.54, 1.807) is 12.1 Å². The molecule has 1 aliphatic rings. The number of fused-ring (bicyclic) bond motifs is 1. The number of hydrogen-bond acceptors (Lipinski definition) is 4.